The van der Waals surface area contributed by atoms with Crippen molar-refractivity contribution in [2.24, 2.45) is 7.05 Å². The molecule has 0 fully saturated rings. The predicted octanol–water partition coefficient (Wildman–Crippen LogP) is 3.79. The average molecular weight is 411 g/mol. The van der Waals surface area contributed by atoms with Gasteiger partial charge >= 0.3 is 0 Å². The number of aromatic nitrogens is 2. The Bertz CT molecular complexity index is 1130. The van der Waals surface area contributed by atoms with Crippen LogP contribution in [0.4, 0.5) is 11.4 Å². The molecule has 0 bridgehead atoms. The molecule has 2 aromatic carbocycles. The van der Waals surface area contributed by atoms with E-state index in [1.807, 2.05) is 19.1 Å². The largest absolute Gasteiger partial charge is 0.367 e. The lowest BCUT2D eigenvalue weighted by molar-refractivity contribution is 0.601. The lowest BCUT2D eigenvalue weighted by atomic mass is 10.0. The molecule has 152 valence electrons. The summed E-state index contributed by atoms with van der Waals surface area (Å²) in [5.74, 6) is 0. The first-order chi connectivity index (χ1) is 13.8. The van der Waals surface area contributed by atoms with Gasteiger partial charge in [0.25, 0.3) is 10.0 Å². The predicted molar refractivity (Wildman–Crippen MR) is 116 cm³/mol. The van der Waals surface area contributed by atoms with Crippen molar-refractivity contribution in [3.05, 3.63) is 71.0 Å². The monoisotopic (exact) mass is 410 g/mol. The Kier molecular flexibility index (Phi) is 5.08. The van der Waals surface area contributed by atoms with Gasteiger partial charge in [0, 0.05) is 25.8 Å². The fourth-order valence-corrected chi connectivity index (χ4v) is 5.06. The van der Waals surface area contributed by atoms with Crippen LogP contribution in [0.3, 0.4) is 0 Å². The van der Waals surface area contributed by atoms with Crippen LogP contribution in [0.1, 0.15) is 28.9 Å². The molecule has 0 amide bonds. The molecule has 6 nitrogen and oxygen atoms in total. The number of anilines is 2. The first-order valence-electron chi connectivity index (χ1n) is 9.80. The highest BCUT2D eigenvalue weighted by atomic mass is 32.2. The standard InChI is InChI=1S/C22H26N4O2S/c1-16-22(17(2)25(3)23-16)24-29(27,28)20-12-10-18(11-13-20)15-26-14-6-8-19-7-4-5-9-21(19)26/h4-5,7,9-13,24H,6,8,14-15H2,1-3H3. The summed E-state index contributed by atoms with van der Waals surface area (Å²) in [7, 11) is -1.86. The van der Waals surface area contributed by atoms with Crippen LogP contribution in [-0.4, -0.2) is 24.7 Å². The van der Waals surface area contributed by atoms with Crippen LogP contribution in [0.15, 0.2) is 53.4 Å². The maximum atomic E-state index is 12.8. The second-order valence-electron chi connectivity index (χ2n) is 7.57. The maximum Gasteiger partial charge on any atom is 0.262 e. The Labute approximate surface area is 172 Å². The van der Waals surface area contributed by atoms with E-state index in [0.29, 0.717) is 11.4 Å². The van der Waals surface area contributed by atoms with Gasteiger partial charge in [-0.15, -0.1) is 0 Å². The van der Waals surface area contributed by atoms with Crippen molar-refractivity contribution in [3.63, 3.8) is 0 Å². The minimum absolute atomic E-state index is 0.253. The highest BCUT2D eigenvalue weighted by Crippen LogP contribution is 2.28. The number of rotatable bonds is 5. The first kappa shape index (κ1) is 19.5. The van der Waals surface area contributed by atoms with E-state index in [9.17, 15) is 8.42 Å². The summed E-state index contributed by atoms with van der Waals surface area (Å²) in [4.78, 5) is 2.62. The van der Waals surface area contributed by atoms with Gasteiger partial charge < -0.3 is 4.90 Å². The van der Waals surface area contributed by atoms with Crippen LogP contribution < -0.4 is 9.62 Å². The van der Waals surface area contributed by atoms with E-state index in [0.717, 1.165) is 37.2 Å². The van der Waals surface area contributed by atoms with Crippen LogP contribution in [0, 0.1) is 13.8 Å². The Balaban J connectivity index is 1.52. The van der Waals surface area contributed by atoms with E-state index >= 15 is 0 Å². The van der Waals surface area contributed by atoms with Crippen LogP contribution in [-0.2, 0) is 30.0 Å². The normalized spacial score (nSPS) is 14.0. The van der Waals surface area contributed by atoms with Gasteiger partial charge in [0.05, 0.1) is 22.0 Å². The summed E-state index contributed by atoms with van der Waals surface area (Å²) in [6.45, 7) is 5.42. The molecule has 1 N–H and O–H groups in total. The number of hydrogen-bond acceptors (Lipinski definition) is 4. The zero-order valence-corrected chi connectivity index (χ0v) is 17.8. The maximum absolute atomic E-state index is 12.8. The van der Waals surface area contributed by atoms with Crippen LogP contribution in [0.5, 0.6) is 0 Å². The SMILES string of the molecule is Cc1nn(C)c(C)c1NS(=O)(=O)c1ccc(CN2CCCc3ccccc32)cc1. The number of hydrogen-bond donors (Lipinski definition) is 1. The quantitative estimate of drug-likeness (QED) is 0.695. The van der Waals surface area contributed by atoms with E-state index in [1.165, 1.54) is 11.3 Å². The third-order valence-electron chi connectivity index (χ3n) is 5.56. The summed E-state index contributed by atoms with van der Waals surface area (Å²) in [5.41, 5.74) is 5.74. The molecule has 7 heteroatoms. The molecule has 0 aliphatic carbocycles. The van der Waals surface area contributed by atoms with E-state index < -0.39 is 10.0 Å². The Hall–Kier alpha value is -2.80. The van der Waals surface area contributed by atoms with Crippen LogP contribution in [0.2, 0.25) is 0 Å². The lowest BCUT2D eigenvalue weighted by Gasteiger charge is -2.31. The molecular formula is C22H26N4O2S. The number of aryl methyl sites for hydroxylation is 3. The second-order valence-corrected chi connectivity index (χ2v) is 9.26. The second kappa shape index (κ2) is 7.55. The fourth-order valence-electron chi connectivity index (χ4n) is 3.88. The molecule has 0 spiro atoms. The summed E-state index contributed by atoms with van der Waals surface area (Å²) < 4.78 is 30.0. The molecule has 1 aliphatic rings. The average Bonchev–Trinajstić information content (AvgIpc) is 2.94. The van der Waals surface area contributed by atoms with Crippen molar-refractivity contribution in [1.82, 2.24) is 9.78 Å². The summed E-state index contributed by atoms with van der Waals surface area (Å²) in [6.07, 6.45) is 2.25. The van der Waals surface area contributed by atoms with Crippen molar-refractivity contribution in [2.45, 2.75) is 38.1 Å². The van der Waals surface area contributed by atoms with Gasteiger partial charge in [-0.25, -0.2) is 8.42 Å². The summed E-state index contributed by atoms with van der Waals surface area (Å²) in [5, 5.41) is 4.27. The fraction of sp³-hybridized carbons (Fsp3) is 0.318. The zero-order chi connectivity index (χ0) is 20.6. The third kappa shape index (κ3) is 3.87. The van der Waals surface area contributed by atoms with Crippen molar-refractivity contribution in [2.75, 3.05) is 16.2 Å². The van der Waals surface area contributed by atoms with Crippen molar-refractivity contribution in [1.29, 1.82) is 0 Å². The van der Waals surface area contributed by atoms with Gasteiger partial charge in [-0.1, -0.05) is 30.3 Å². The van der Waals surface area contributed by atoms with Crippen molar-refractivity contribution < 1.29 is 8.42 Å². The molecule has 1 aliphatic heterocycles. The lowest BCUT2D eigenvalue weighted by Crippen LogP contribution is -2.28. The summed E-state index contributed by atoms with van der Waals surface area (Å²) >= 11 is 0. The van der Waals surface area contributed by atoms with Crippen molar-refractivity contribution in [3.8, 4) is 0 Å². The molecule has 29 heavy (non-hydrogen) atoms. The Morgan fingerprint density at radius 1 is 1.07 bits per heavy atom. The first-order valence-corrected chi connectivity index (χ1v) is 11.3. The minimum atomic E-state index is -3.66. The van der Waals surface area contributed by atoms with Gasteiger partial charge in [-0.05, 0) is 56.0 Å². The smallest absolute Gasteiger partial charge is 0.262 e. The minimum Gasteiger partial charge on any atom is -0.367 e. The zero-order valence-electron chi connectivity index (χ0n) is 17.0. The number of sulfonamides is 1. The summed E-state index contributed by atoms with van der Waals surface area (Å²) in [6, 6.07) is 15.6. The number of para-hydroxylation sites is 1. The topological polar surface area (TPSA) is 67.2 Å². The van der Waals surface area contributed by atoms with E-state index in [4.69, 9.17) is 0 Å². The molecule has 0 saturated carbocycles. The van der Waals surface area contributed by atoms with E-state index in [2.05, 4.69) is 39.0 Å². The number of benzene rings is 2. The van der Waals surface area contributed by atoms with Crippen LogP contribution >= 0.6 is 0 Å². The van der Waals surface area contributed by atoms with Gasteiger partial charge in [-0.3, -0.25) is 9.40 Å². The molecule has 3 aromatic rings. The molecule has 2 heterocycles. The van der Waals surface area contributed by atoms with Gasteiger partial charge in [-0.2, -0.15) is 5.10 Å². The molecular weight excluding hydrogens is 384 g/mol. The third-order valence-corrected chi connectivity index (χ3v) is 6.92. The molecule has 0 radical (unpaired) electrons. The molecule has 0 saturated heterocycles. The Morgan fingerprint density at radius 2 is 1.79 bits per heavy atom. The highest BCUT2D eigenvalue weighted by Gasteiger charge is 2.20. The van der Waals surface area contributed by atoms with E-state index in [-0.39, 0.29) is 4.90 Å². The number of fused-ring (bicyclic) bond motifs is 1. The molecule has 4 rings (SSSR count). The number of nitrogens with one attached hydrogen (secondary N) is 1. The highest BCUT2D eigenvalue weighted by molar-refractivity contribution is 7.92. The van der Waals surface area contributed by atoms with Crippen molar-refractivity contribution >= 4 is 21.4 Å². The van der Waals surface area contributed by atoms with Gasteiger partial charge in [0.1, 0.15) is 0 Å². The van der Waals surface area contributed by atoms with Crippen LogP contribution in [0.25, 0.3) is 0 Å². The van der Waals surface area contributed by atoms with Gasteiger partial charge in [0.2, 0.25) is 0 Å². The number of nitrogens with zero attached hydrogens (tertiary/aromatic N) is 3. The molecule has 0 atom stereocenters. The molecule has 1 aromatic heterocycles. The Morgan fingerprint density at radius 3 is 2.48 bits per heavy atom. The molecule has 0 unspecified atom stereocenters. The van der Waals surface area contributed by atoms with Gasteiger partial charge in [0.15, 0.2) is 0 Å². The van der Waals surface area contributed by atoms with E-state index in [1.54, 1.807) is 30.8 Å².